The summed E-state index contributed by atoms with van der Waals surface area (Å²) in [5.74, 6) is -0.284. The predicted molar refractivity (Wildman–Crippen MR) is 88.5 cm³/mol. The number of hydrogen-bond donors (Lipinski definition) is 0. The Bertz CT molecular complexity index is 818. The first kappa shape index (κ1) is 15.0. The van der Waals surface area contributed by atoms with Crippen LogP contribution in [0.1, 0.15) is 10.6 Å². The summed E-state index contributed by atoms with van der Waals surface area (Å²) in [5.41, 5.74) is 4.52. The fraction of sp³-hybridized carbons (Fsp3) is 0.375. The molecule has 0 saturated heterocycles. The third-order valence-corrected chi connectivity index (χ3v) is 4.84. The van der Waals surface area contributed by atoms with Gasteiger partial charge in [0.25, 0.3) is 0 Å². The summed E-state index contributed by atoms with van der Waals surface area (Å²) in [6, 6.07) is 7.54. The second-order valence-corrected chi connectivity index (χ2v) is 6.34. The van der Waals surface area contributed by atoms with E-state index in [-0.39, 0.29) is 5.76 Å². The van der Waals surface area contributed by atoms with Crippen LogP contribution in [0.2, 0.25) is 0 Å². The number of fused-ring (bicyclic) bond motifs is 1. The Morgan fingerprint density at radius 2 is 2.14 bits per heavy atom. The van der Waals surface area contributed by atoms with Gasteiger partial charge in [-0.1, -0.05) is 12.1 Å². The minimum atomic E-state index is -0.284. The van der Waals surface area contributed by atoms with E-state index in [1.807, 2.05) is 36.7 Å². The molecule has 6 heteroatoms. The first-order chi connectivity index (χ1) is 10.6. The highest BCUT2D eigenvalue weighted by molar-refractivity contribution is 7.09. The zero-order valence-corrected chi connectivity index (χ0v) is 13.6. The highest BCUT2D eigenvalue weighted by atomic mass is 32.1. The van der Waals surface area contributed by atoms with Crippen molar-refractivity contribution in [2.24, 2.45) is 0 Å². The van der Waals surface area contributed by atoms with Crippen LogP contribution in [0, 0.1) is 6.92 Å². The number of oxazole rings is 1. The third-order valence-electron chi connectivity index (χ3n) is 3.84. The van der Waals surface area contributed by atoms with Crippen molar-refractivity contribution in [2.75, 3.05) is 20.1 Å². The van der Waals surface area contributed by atoms with Gasteiger partial charge < -0.3 is 9.32 Å². The monoisotopic (exact) mass is 317 g/mol. The van der Waals surface area contributed by atoms with Crippen LogP contribution in [0.3, 0.4) is 0 Å². The summed E-state index contributed by atoms with van der Waals surface area (Å²) in [6.07, 6.45) is 0.994. The molecular weight excluding hydrogens is 298 g/mol. The molecule has 116 valence electrons. The standard InChI is InChI=1S/C16H19N3O2S/c1-12-15(22-11-17-12)7-8-18(2)9-10-19-13-5-3-4-6-14(13)21-16(19)20/h3-6,11H,7-10H2,1-2H3. The van der Waals surface area contributed by atoms with Gasteiger partial charge in [-0.3, -0.25) is 4.57 Å². The Morgan fingerprint density at radius 1 is 1.32 bits per heavy atom. The highest BCUT2D eigenvalue weighted by Crippen LogP contribution is 2.13. The van der Waals surface area contributed by atoms with Crippen LogP contribution in [0.4, 0.5) is 0 Å². The molecule has 0 saturated carbocycles. The first-order valence-electron chi connectivity index (χ1n) is 7.31. The maximum absolute atomic E-state index is 11.9. The molecule has 0 bridgehead atoms. The van der Waals surface area contributed by atoms with Gasteiger partial charge in [-0.05, 0) is 32.5 Å². The topological polar surface area (TPSA) is 51.3 Å². The Labute approximate surface area is 132 Å². The lowest BCUT2D eigenvalue weighted by atomic mass is 10.3. The van der Waals surface area contributed by atoms with Crippen LogP contribution in [0.25, 0.3) is 11.1 Å². The van der Waals surface area contributed by atoms with E-state index >= 15 is 0 Å². The fourth-order valence-corrected chi connectivity index (χ4v) is 3.24. The second-order valence-electron chi connectivity index (χ2n) is 5.40. The van der Waals surface area contributed by atoms with Gasteiger partial charge in [0.2, 0.25) is 0 Å². The number of benzene rings is 1. The van der Waals surface area contributed by atoms with Crippen LogP contribution >= 0.6 is 11.3 Å². The number of aryl methyl sites for hydroxylation is 1. The van der Waals surface area contributed by atoms with Crippen LogP contribution in [0.5, 0.6) is 0 Å². The molecule has 22 heavy (non-hydrogen) atoms. The number of para-hydroxylation sites is 2. The average molecular weight is 317 g/mol. The molecule has 0 radical (unpaired) electrons. The van der Waals surface area contributed by atoms with Crippen molar-refractivity contribution in [2.45, 2.75) is 19.9 Å². The molecule has 0 atom stereocenters. The van der Waals surface area contributed by atoms with Crippen molar-refractivity contribution in [3.05, 3.63) is 50.9 Å². The van der Waals surface area contributed by atoms with Gasteiger partial charge in [0.05, 0.1) is 16.7 Å². The van der Waals surface area contributed by atoms with Gasteiger partial charge in [0, 0.05) is 24.5 Å². The lowest BCUT2D eigenvalue weighted by Crippen LogP contribution is -2.28. The Hall–Kier alpha value is -1.92. The molecule has 0 aliphatic rings. The van der Waals surface area contributed by atoms with Gasteiger partial charge in [0.1, 0.15) is 0 Å². The number of thiazole rings is 1. The molecule has 2 heterocycles. The van der Waals surface area contributed by atoms with E-state index in [1.54, 1.807) is 15.9 Å². The lowest BCUT2D eigenvalue weighted by Gasteiger charge is -2.16. The van der Waals surface area contributed by atoms with Gasteiger partial charge in [0.15, 0.2) is 5.58 Å². The number of aromatic nitrogens is 2. The van der Waals surface area contributed by atoms with Crippen molar-refractivity contribution in [3.8, 4) is 0 Å². The second kappa shape index (κ2) is 6.46. The number of rotatable bonds is 6. The van der Waals surface area contributed by atoms with Crippen molar-refractivity contribution in [1.29, 1.82) is 0 Å². The van der Waals surface area contributed by atoms with Gasteiger partial charge in [-0.25, -0.2) is 9.78 Å². The first-order valence-corrected chi connectivity index (χ1v) is 8.19. The van der Waals surface area contributed by atoms with E-state index in [0.29, 0.717) is 12.1 Å². The van der Waals surface area contributed by atoms with E-state index in [0.717, 1.165) is 30.7 Å². The normalized spacial score (nSPS) is 11.6. The van der Waals surface area contributed by atoms with Crippen molar-refractivity contribution >= 4 is 22.4 Å². The van der Waals surface area contributed by atoms with E-state index < -0.39 is 0 Å². The van der Waals surface area contributed by atoms with Crippen molar-refractivity contribution in [1.82, 2.24) is 14.5 Å². The van der Waals surface area contributed by atoms with Gasteiger partial charge in [-0.2, -0.15) is 0 Å². The van der Waals surface area contributed by atoms with Gasteiger partial charge >= 0.3 is 5.76 Å². The molecule has 3 aromatic rings. The summed E-state index contributed by atoms with van der Waals surface area (Å²) < 4.78 is 6.95. The van der Waals surface area contributed by atoms with Crippen LogP contribution in [0.15, 0.2) is 39.0 Å². The lowest BCUT2D eigenvalue weighted by molar-refractivity contribution is 0.319. The average Bonchev–Trinajstić information content (AvgIpc) is 3.05. The molecule has 0 amide bonds. The molecule has 0 spiro atoms. The maximum Gasteiger partial charge on any atom is 0.419 e. The Morgan fingerprint density at radius 3 is 2.91 bits per heavy atom. The SMILES string of the molecule is Cc1ncsc1CCN(C)CCn1c(=O)oc2ccccc21. The minimum Gasteiger partial charge on any atom is -0.408 e. The van der Waals surface area contributed by atoms with E-state index in [9.17, 15) is 4.79 Å². The summed E-state index contributed by atoms with van der Waals surface area (Å²) in [6.45, 7) is 4.44. The molecule has 5 nitrogen and oxygen atoms in total. The molecule has 0 aliphatic carbocycles. The molecule has 0 aliphatic heterocycles. The van der Waals surface area contributed by atoms with Crippen LogP contribution < -0.4 is 5.76 Å². The van der Waals surface area contributed by atoms with Crippen LogP contribution in [-0.2, 0) is 13.0 Å². The summed E-state index contributed by atoms with van der Waals surface area (Å²) in [4.78, 5) is 19.7. The fourth-order valence-electron chi connectivity index (χ4n) is 2.47. The van der Waals surface area contributed by atoms with E-state index in [4.69, 9.17) is 4.42 Å². The largest absolute Gasteiger partial charge is 0.419 e. The highest BCUT2D eigenvalue weighted by Gasteiger charge is 2.09. The molecule has 0 N–H and O–H groups in total. The summed E-state index contributed by atoms with van der Waals surface area (Å²) >= 11 is 1.70. The quantitative estimate of drug-likeness (QED) is 0.701. The summed E-state index contributed by atoms with van der Waals surface area (Å²) in [7, 11) is 2.07. The molecule has 0 fully saturated rings. The molecule has 3 rings (SSSR count). The zero-order valence-electron chi connectivity index (χ0n) is 12.8. The van der Waals surface area contributed by atoms with Gasteiger partial charge in [-0.15, -0.1) is 11.3 Å². The smallest absolute Gasteiger partial charge is 0.408 e. The number of nitrogens with zero attached hydrogens (tertiary/aromatic N) is 3. The number of hydrogen-bond acceptors (Lipinski definition) is 5. The minimum absolute atomic E-state index is 0.284. The van der Waals surface area contributed by atoms with E-state index in [2.05, 4.69) is 16.9 Å². The van der Waals surface area contributed by atoms with E-state index in [1.165, 1.54) is 4.88 Å². The zero-order chi connectivity index (χ0) is 15.5. The van der Waals surface area contributed by atoms with Crippen LogP contribution in [-0.4, -0.2) is 34.6 Å². The molecule has 0 unspecified atom stereocenters. The predicted octanol–water partition coefficient (Wildman–Crippen LogP) is 2.53. The maximum atomic E-state index is 11.9. The Balaban J connectivity index is 1.60. The molecular formula is C16H19N3O2S. The third kappa shape index (κ3) is 3.13. The summed E-state index contributed by atoms with van der Waals surface area (Å²) in [5, 5.41) is 0. The Kier molecular flexibility index (Phi) is 4.40. The van der Waals surface area contributed by atoms with Crippen molar-refractivity contribution in [3.63, 3.8) is 0 Å². The molecule has 1 aromatic carbocycles. The number of likely N-dealkylation sites (N-methyl/N-ethyl adjacent to an activating group) is 1. The van der Waals surface area contributed by atoms with Crippen molar-refractivity contribution < 1.29 is 4.42 Å². The molecule has 2 aromatic heterocycles.